The van der Waals surface area contributed by atoms with Gasteiger partial charge in [-0.05, 0) is 19.9 Å². The number of nitrogens with zero attached hydrogens (tertiary/aromatic N) is 2. The van der Waals surface area contributed by atoms with Crippen LogP contribution >= 0.6 is 0 Å². The van der Waals surface area contributed by atoms with Crippen molar-refractivity contribution in [1.82, 2.24) is 9.62 Å². The highest BCUT2D eigenvalue weighted by atomic mass is 32.2. The van der Waals surface area contributed by atoms with Gasteiger partial charge in [0.25, 0.3) is 5.69 Å². The number of ether oxygens (including phenoxy) is 2. The number of rotatable bonds is 5. The van der Waals surface area contributed by atoms with Crippen LogP contribution in [0.2, 0.25) is 0 Å². The van der Waals surface area contributed by atoms with Crippen molar-refractivity contribution in [1.29, 1.82) is 0 Å². The third-order valence-electron chi connectivity index (χ3n) is 4.17. The van der Waals surface area contributed by atoms with E-state index in [0.29, 0.717) is 13.1 Å². The van der Waals surface area contributed by atoms with Crippen molar-refractivity contribution in [3.63, 3.8) is 0 Å². The number of benzene rings is 1. The van der Waals surface area contributed by atoms with E-state index in [2.05, 4.69) is 5.32 Å². The van der Waals surface area contributed by atoms with E-state index in [1.54, 1.807) is 7.05 Å². The van der Waals surface area contributed by atoms with Gasteiger partial charge in [0.15, 0.2) is 16.4 Å². The van der Waals surface area contributed by atoms with Crippen LogP contribution in [-0.4, -0.2) is 57.0 Å². The van der Waals surface area contributed by atoms with E-state index in [4.69, 9.17) is 9.47 Å². The van der Waals surface area contributed by atoms with Gasteiger partial charge in [0, 0.05) is 25.2 Å². The number of sulfonamides is 1. The van der Waals surface area contributed by atoms with E-state index in [9.17, 15) is 18.5 Å². The van der Waals surface area contributed by atoms with Gasteiger partial charge in [-0.3, -0.25) is 10.1 Å². The van der Waals surface area contributed by atoms with Gasteiger partial charge >= 0.3 is 0 Å². The molecule has 10 heteroatoms. The van der Waals surface area contributed by atoms with Crippen LogP contribution in [0.4, 0.5) is 5.69 Å². The Kier molecular flexibility index (Phi) is 4.61. The van der Waals surface area contributed by atoms with Crippen LogP contribution in [0.15, 0.2) is 17.0 Å². The van der Waals surface area contributed by atoms with Crippen molar-refractivity contribution < 1.29 is 22.8 Å². The average Bonchev–Trinajstić information content (AvgIpc) is 3.03. The molecule has 1 unspecified atom stereocenters. The van der Waals surface area contributed by atoms with E-state index in [-0.39, 0.29) is 35.7 Å². The zero-order chi connectivity index (χ0) is 17.3. The highest BCUT2D eigenvalue weighted by Crippen LogP contribution is 2.40. The molecule has 1 atom stereocenters. The zero-order valence-electron chi connectivity index (χ0n) is 13.2. The SMILES string of the molecule is CNCC1CCCN1S(=O)(=O)c1cc2c(cc1[N+](=O)[O-])OCCO2. The molecule has 0 saturated carbocycles. The van der Waals surface area contributed by atoms with E-state index in [1.807, 2.05) is 0 Å². The highest BCUT2D eigenvalue weighted by Gasteiger charge is 2.39. The summed E-state index contributed by atoms with van der Waals surface area (Å²) in [5.74, 6) is 0.412. The Hall–Kier alpha value is -1.91. The van der Waals surface area contributed by atoms with Gasteiger partial charge in [0.2, 0.25) is 10.0 Å². The number of nitro benzene ring substituents is 1. The molecule has 2 aliphatic heterocycles. The molecule has 2 aliphatic rings. The number of hydrogen-bond acceptors (Lipinski definition) is 7. The van der Waals surface area contributed by atoms with Gasteiger partial charge in [-0.2, -0.15) is 4.31 Å². The molecule has 0 bridgehead atoms. The lowest BCUT2D eigenvalue weighted by molar-refractivity contribution is -0.388. The fourth-order valence-corrected chi connectivity index (χ4v) is 4.95. The summed E-state index contributed by atoms with van der Waals surface area (Å²) in [7, 11) is -2.26. The Morgan fingerprint density at radius 2 is 2.00 bits per heavy atom. The maximum absolute atomic E-state index is 13.0. The van der Waals surface area contributed by atoms with Gasteiger partial charge in [-0.15, -0.1) is 0 Å². The first-order chi connectivity index (χ1) is 11.4. The largest absolute Gasteiger partial charge is 0.486 e. The van der Waals surface area contributed by atoms with Gasteiger partial charge in [-0.1, -0.05) is 0 Å². The average molecular weight is 357 g/mol. The molecule has 1 aromatic carbocycles. The van der Waals surface area contributed by atoms with Crippen LogP contribution in [0.3, 0.4) is 0 Å². The van der Waals surface area contributed by atoms with Gasteiger partial charge in [0.05, 0.1) is 11.0 Å². The van der Waals surface area contributed by atoms with Crippen LogP contribution < -0.4 is 14.8 Å². The van der Waals surface area contributed by atoms with Crippen LogP contribution in [0.5, 0.6) is 11.5 Å². The molecule has 0 spiro atoms. The summed E-state index contributed by atoms with van der Waals surface area (Å²) in [6.45, 7) is 1.39. The summed E-state index contributed by atoms with van der Waals surface area (Å²) in [5.41, 5.74) is -0.491. The first kappa shape index (κ1) is 16.9. The van der Waals surface area contributed by atoms with E-state index >= 15 is 0 Å². The third kappa shape index (κ3) is 2.92. The minimum Gasteiger partial charge on any atom is -0.486 e. The van der Waals surface area contributed by atoms with E-state index in [1.165, 1.54) is 10.4 Å². The maximum Gasteiger partial charge on any atom is 0.293 e. The molecule has 1 saturated heterocycles. The fraction of sp³-hybridized carbons (Fsp3) is 0.571. The second-order valence-electron chi connectivity index (χ2n) is 5.69. The Morgan fingerprint density at radius 1 is 1.33 bits per heavy atom. The predicted octanol–water partition coefficient (Wildman–Crippen LogP) is 0.738. The number of nitro groups is 1. The van der Waals surface area contributed by atoms with Crippen molar-refractivity contribution in [3.05, 3.63) is 22.2 Å². The molecule has 0 radical (unpaired) electrons. The molecular weight excluding hydrogens is 338 g/mol. The minimum absolute atomic E-state index is 0.195. The Morgan fingerprint density at radius 3 is 2.62 bits per heavy atom. The molecule has 1 aromatic rings. The molecule has 0 aromatic heterocycles. The molecule has 0 amide bonds. The molecule has 132 valence electrons. The van der Waals surface area contributed by atoms with E-state index < -0.39 is 20.6 Å². The van der Waals surface area contributed by atoms with Crippen LogP contribution in [0.1, 0.15) is 12.8 Å². The number of fused-ring (bicyclic) bond motifs is 1. The lowest BCUT2D eigenvalue weighted by Gasteiger charge is -2.25. The van der Waals surface area contributed by atoms with Crippen molar-refractivity contribution in [2.75, 3.05) is 33.4 Å². The van der Waals surface area contributed by atoms with Gasteiger partial charge in [-0.25, -0.2) is 8.42 Å². The van der Waals surface area contributed by atoms with Gasteiger partial charge in [0.1, 0.15) is 13.2 Å². The number of hydrogen-bond donors (Lipinski definition) is 1. The molecule has 24 heavy (non-hydrogen) atoms. The molecule has 0 aliphatic carbocycles. The van der Waals surface area contributed by atoms with Crippen molar-refractivity contribution >= 4 is 15.7 Å². The van der Waals surface area contributed by atoms with Crippen LogP contribution in [0.25, 0.3) is 0 Å². The topological polar surface area (TPSA) is 111 Å². The first-order valence-electron chi connectivity index (χ1n) is 7.69. The summed E-state index contributed by atoms with van der Waals surface area (Å²) in [6.07, 6.45) is 1.45. The quantitative estimate of drug-likeness (QED) is 0.611. The van der Waals surface area contributed by atoms with Crippen LogP contribution in [-0.2, 0) is 10.0 Å². The fourth-order valence-electron chi connectivity index (χ4n) is 3.10. The molecule has 1 fully saturated rings. The summed E-state index contributed by atoms with van der Waals surface area (Å²) < 4.78 is 38.1. The molecule has 9 nitrogen and oxygen atoms in total. The summed E-state index contributed by atoms with van der Waals surface area (Å²) in [4.78, 5) is 10.3. The summed E-state index contributed by atoms with van der Waals surface area (Å²) >= 11 is 0. The second kappa shape index (κ2) is 6.54. The standard InChI is InChI=1S/C14H19N3O6S/c1-15-9-10-3-2-4-16(10)24(20,21)14-8-13-12(22-5-6-23-13)7-11(14)17(18)19/h7-8,10,15H,2-6,9H2,1H3. The molecular formula is C14H19N3O6S. The summed E-state index contributed by atoms with van der Waals surface area (Å²) in [5, 5.41) is 14.4. The van der Waals surface area contributed by atoms with Gasteiger partial charge < -0.3 is 14.8 Å². The first-order valence-corrected chi connectivity index (χ1v) is 9.13. The van der Waals surface area contributed by atoms with Crippen molar-refractivity contribution in [3.8, 4) is 11.5 Å². The number of nitrogens with one attached hydrogen (secondary N) is 1. The Labute approximate surface area is 139 Å². The third-order valence-corrected chi connectivity index (χ3v) is 6.15. The molecule has 1 N–H and O–H groups in total. The lowest BCUT2D eigenvalue weighted by atomic mass is 10.2. The molecule has 2 heterocycles. The predicted molar refractivity (Wildman–Crippen MR) is 84.9 cm³/mol. The Bertz CT molecular complexity index is 751. The van der Waals surface area contributed by atoms with Crippen molar-refractivity contribution in [2.45, 2.75) is 23.8 Å². The summed E-state index contributed by atoms with van der Waals surface area (Å²) in [6, 6.07) is 2.12. The zero-order valence-corrected chi connectivity index (χ0v) is 14.0. The van der Waals surface area contributed by atoms with Crippen molar-refractivity contribution in [2.24, 2.45) is 0 Å². The highest BCUT2D eigenvalue weighted by molar-refractivity contribution is 7.89. The smallest absolute Gasteiger partial charge is 0.293 e. The Balaban J connectivity index is 2.08. The normalized spacial score (nSPS) is 21.0. The van der Waals surface area contributed by atoms with Crippen LogP contribution in [0, 0.1) is 10.1 Å². The van der Waals surface area contributed by atoms with E-state index in [0.717, 1.165) is 18.9 Å². The number of likely N-dealkylation sites (N-methyl/N-ethyl adjacent to an activating group) is 1. The maximum atomic E-state index is 13.0. The molecule has 3 rings (SSSR count). The lowest BCUT2D eigenvalue weighted by Crippen LogP contribution is -2.41. The second-order valence-corrected chi connectivity index (χ2v) is 7.55. The monoisotopic (exact) mass is 357 g/mol. The minimum atomic E-state index is -4.00.